The molecule has 0 saturated carbocycles. The van der Waals surface area contributed by atoms with Crippen LogP contribution >= 0.6 is 24.0 Å². The number of thioether (sulfide) groups is 1. The summed E-state index contributed by atoms with van der Waals surface area (Å²) in [6, 6.07) is 12.8. The Morgan fingerprint density at radius 2 is 1.73 bits per heavy atom. The molecule has 6 rings (SSSR count). The molecule has 0 radical (unpaired) electrons. The summed E-state index contributed by atoms with van der Waals surface area (Å²) in [4.78, 5) is 63.9. The Bertz CT molecular complexity index is 2010. The van der Waals surface area contributed by atoms with Crippen molar-refractivity contribution in [3.8, 4) is 5.69 Å². The maximum atomic E-state index is 14.0. The molecule has 0 aliphatic carbocycles. The molecule has 45 heavy (non-hydrogen) atoms. The maximum Gasteiger partial charge on any atom is 0.409 e. The lowest BCUT2D eigenvalue weighted by molar-refractivity contribution is -0.113. The minimum Gasteiger partial charge on any atom is -0.450 e. The van der Waals surface area contributed by atoms with E-state index in [0.29, 0.717) is 49.0 Å². The highest BCUT2D eigenvalue weighted by Gasteiger charge is 2.38. The quantitative estimate of drug-likeness (QED) is 0.238. The van der Waals surface area contributed by atoms with Crippen molar-refractivity contribution in [2.24, 2.45) is 7.05 Å². The number of fused-ring (bicyclic) bond motifs is 1. The van der Waals surface area contributed by atoms with Crippen LogP contribution in [0.5, 0.6) is 0 Å². The SMILES string of the molecule is CCOC(=O)N1CCN(c2nc3c(C)cccn3c(=O)c2C=C2SC(=S)N(c3c(C)n(C)n(-c4ccccc4)c3=O)C2=O)CC1. The van der Waals surface area contributed by atoms with Crippen LogP contribution in [0.3, 0.4) is 0 Å². The second-order valence-electron chi connectivity index (χ2n) is 10.6. The van der Waals surface area contributed by atoms with Crippen molar-refractivity contribution in [3.63, 3.8) is 0 Å². The lowest BCUT2D eigenvalue weighted by Crippen LogP contribution is -2.49. The molecule has 3 aromatic heterocycles. The molecule has 4 aromatic rings. The second kappa shape index (κ2) is 12.0. The highest BCUT2D eigenvalue weighted by atomic mass is 32.2. The molecule has 0 bridgehead atoms. The van der Waals surface area contributed by atoms with Crippen LogP contribution in [0.1, 0.15) is 23.7 Å². The second-order valence-corrected chi connectivity index (χ2v) is 12.3. The van der Waals surface area contributed by atoms with E-state index in [4.69, 9.17) is 21.9 Å². The Labute approximate surface area is 268 Å². The first-order chi connectivity index (χ1) is 21.6. The zero-order chi connectivity index (χ0) is 32.0. The Kier molecular flexibility index (Phi) is 8.10. The van der Waals surface area contributed by atoms with Crippen molar-refractivity contribution in [1.82, 2.24) is 23.6 Å². The molecule has 12 nitrogen and oxygen atoms in total. The molecule has 2 saturated heterocycles. The van der Waals surface area contributed by atoms with E-state index in [0.717, 1.165) is 17.3 Å². The van der Waals surface area contributed by atoms with Crippen LogP contribution in [0.25, 0.3) is 17.4 Å². The molecule has 2 amide bonds. The van der Waals surface area contributed by atoms with Gasteiger partial charge < -0.3 is 14.5 Å². The number of para-hydroxylation sites is 1. The molecule has 1 aromatic carbocycles. The number of ether oxygens (including phenoxy) is 1. The van der Waals surface area contributed by atoms with Crippen LogP contribution in [0.4, 0.5) is 16.3 Å². The summed E-state index contributed by atoms with van der Waals surface area (Å²) in [5, 5.41) is 0. The molecule has 2 aliphatic heterocycles. The highest BCUT2D eigenvalue weighted by Crippen LogP contribution is 2.37. The average Bonchev–Trinajstić information content (AvgIpc) is 3.43. The molecule has 5 heterocycles. The van der Waals surface area contributed by atoms with Crippen molar-refractivity contribution >= 4 is 63.5 Å². The van der Waals surface area contributed by atoms with Crippen LogP contribution in [-0.4, -0.2) is 72.8 Å². The lowest BCUT2D eigenvalue weighted by atomic mass is 10.2. The summed E-state index contributed by atoms with van der Waals surface area (Å²) in [7, 11) is 1.75. The van der Waals surface area contributed by atoms with Crippen molar-refractivity contribution in [2.45, 2.75) is 20.8 Å². The van der Waals surface area contributed by atoms with Gasteiger partial charge >= 0.3 is 6.09 Å². The first-order valence-corrected chi connectivity index (χ1v) is 15.7. The predicted molar refractivity (Wildman–Crippen MR) is 178 cm³/mol. The number of piperazine rings is 1. The van der Waals surface area contributed by atoms with Crippen molar-refractivity contribution in [2.75, 3.05) is 42.6 Å². The van der Waals surface area contributed by atoms with Crippen LogP contribution in [0.2, 0.25) is 0 Å². The standard InChI is InChI=1S/C31H31N7O5S2/c1-5-43-30(42)35-16-14-34(15-17-35)26-22(27(39)36-13-9-10-19(2)25(36)32-26)18-23-28(40)37(31(44)45-23)24-20(3)33(4)38(29(24)41)21-11-7-6-8-12-21/h6-13,18H,5,14-17H2,1-4H3. The van der Waals surface area contributed by atoms with Gasteiger partial charge in [0.1, 0.15) is 17.2 Å². The number of nitrogens with zero attached hydrogens (tertiary/aromatic N) is 7. The van der Waals surface area contributed by atoms with Gasteiger partial charge in [-0.05, 0) is 50.6 Å². The van der Waals surface area contributed by atoms with Gasteiger partial charge in [0.2, 0.25) is 0 Å². The average molecular weight is 646 g/mol. The fraction of sp³-hybridized carbons (Fsp3) is 0.290. The minimum absolute atomic E-state index is 0.159. The Balaban J connectivity index is 1.42. The molecule has 232 valence electrons. The largest absolute Gasteiger partial charge is 0.450 e. The Hall–Kier alpha value is -4.69. The molecule has 2 aliphatic rings. The van der Waals surface area contributed by atoms with Gasteiger partial charge in [-0.15, -0.1) is 0 Å². The summed E-state index contributed by atoms with van der Waals surface area (Å²) in [6.45, 7) is 7.27. The molecular formula is C31H31N7O5S2. The van der Waals surface area contributed by atoms with E-state index < -0.39 is 5.91 Å². The van der Waals surface area contributed by atoms with Gasteiger partial charge in [-0.1, -0.05) is 48.2 Å². The van der Waals surface area contributed by atoms with Gasteiger partial charge in [0.25, 0.3) is 17.0 Å². The number of thiocarbonyl (C=S) groups is 1. The van der Waals surface area contributed by atoms with Crippen LogP contribution < -0.4 is 20.9 Å². The fourth-order valence-electron chi connectivity index (χ4n) is 5.59. The first-order valence-electron chi connectivity index (χ1n) is 14.4. The molecule has 2 fully saturated rings. The number of anilines is 2. The topological polar surface area (TPSA) is 114 Å². The van der Waals surface area contributed by atoms with E-state index in [1.54, 1.807) is 42.7 Å². The number of carbonyl (C=O) groups excluding carboxylic acids is 2. The number of pyridine rings is 1. The Morgan fingerprint density at radius 3 is 2.42 bits per heavy atom. The number of aryl methyl sites for hydroxylation is 1. The number of rotatable bonds is 5. The van der Waals surface area contributed by atoms with E-state index in [9.17, 15) is 19.2 Å². The molecular weight excluding hydrogens is 615 g/mol. The normalized spacial score (nSPS) is 16.4. The number of amides is 2. The van der Waals surface area contributed by atoms with E-state index in [1.807, 2.05) is 48.2 Å². The van der Waals surface area contributed by atoms with E-state index in [-0.39, 0.29) is 44.3 Å². The number of carbonyl (C=O) groups is 2. The molecule has 0 N–H and O–H groups in total. The van der Waals surface area contributed by atoms with Gasteiger partial charge in [0, 0.05) is 39.4 Å². The Morgan fingerprint density at radius 1 is 1.02 bits per heavy atom. The zero-order valence-electron chi connectivity index (χ0n) is 25.2. The van der Waals surface area contributed by atoms with Gasteiger partial charge in [0.15, 0.2) is 4.32 Å². The van der Waals surface area contributed by atoms with E-state index in [2.05, 4.69) is 0 Å². The zero-order valence-corrected chi connectivity index (χ0v) is 26.9. The lowest BCUT2D eigenvalue weighted by Gasteiger charge is -2.35. The number of aromatic nitrogens is 4. The maximum absolute atomic E-state index is 14.0. The molecule has 0 unspecified atom stereocenters. The van der Waals surface area contributed by atoms with E-state index in [1.165, 1.54) is 20.1 Å². The van der Waals surface area contributed by atoms with Gasteiger partial charge in [0.05, 0.1) is 28.5 Å². The van der Waals surface area contributed by atoms with Crippen molar-refractivity contribution in [3.05, 3.63) is 91.1 Å². The third-order valence-electron chi connectivity index (χ3n) is 7.99. The molecule has 14 heteroatoms. The predicted octanol–water partition coefficient (Wildman–Crippen LogP) is 3.49. The van der Waals surface area contributed by atoms with Gasteiger partial charge in [-0.3, -0.25) is 28.4 Å². The summed E-state index contributed by atoms with van der Waals surface area (Å²) in [6.07, 6.45) is 2.78. The third-order valence-corrected chi connectivity index (χ3v) is 9.29. The van der Waals surface area contributed by atoms with Crippen molar-refractivity contribution in [1.29, 1.82) is 0 Å². The fourth-order valence-corrected chi connectivity index (χ4v) is 6.84. The smallest absolute Gasteiger partial charge is 0.409 e. The summed E-state index contributed by atoms with van der Waals surface area (Å²) < 4.78 is 9.97. The summed E-state index contributed by atoms with van der Waals surface area (Å²) in [5.74, 6) is -0.0896. The molecule has 0 atom stereocenters. The van der Waals surface area contributed by atoms with Crippen LogP contribution in [0, 0.1) is 13.8 Å². The minimum atomic E-state index is -0.497. The van der Waals surface area contributed by atoms with Gasteiger partial charge in [-0.2, -0.15) is 0 Å². The summed E-state index contributed by atoms with van der Waals surface area (Å²) >= 11 is 6.67. The third kappa shape index (κ3) is 5.23. The highest BCUT2D eigenvalue weighted by molar-refractivity contribution is 8.27. The molecule has 0 spiro atoms. The first kappa shape index (κ1) is 30.3. The number of benzene rings is 1. The number of hydrogen-bond acceptors (Lipinski definition) is 9. The van der Waals surface area contributed by atoms with Gasteiger partial charge in [-0.25, -0.2) is 14.5 Å². The monoisotopic (exact) mass is 645 g/mol. The van der Waals surface area contributed by atoms with Crippen LogP contribution in [-0.2, 0) is 16.6 Å². The van der Waals surface area contributed by atoms with Crippen molar-refractivity contribution < 1.29 is 14.3 Å². The van der Waals surface area contributed by atoms with E-state index >= 15 is 0 Å². The van der Waals surface area contributed by atoms with Crippen LogP contribution in [0.15, 0.2) is 63.2 Å². The summed E-state index contributed by atoms with van der Waals surface area (Å²) in [5.41, 5.74) is 2.16. The number of hydrogen-bond donors (Lipinski definition) is 0.